The Labute approximate surface area is 136 Å². The van der Waals surface area contributed by atoms with Gasteiger partial charge in [0.15, 0.2) is 0 Å². The molecular weight excluding hydrogens is 290 g/mol. The van der Waals surface area contributed by atoms with Crippen molar-refractivity contribution in [2.75, 3.05) is 13.1 Å². The Kier molecular flexibility index (Phi) is 4.71. The van der Waals surface area contributed by atoms with Crippen LogP contribution in [-0.4, -0.2) is 33.8 Å². The lowest BCUT2D eigenvalue weighted by atomic mass is 9.82. The van der Waals surface area contributed by atoms with E-state index < -0.39 is 0 Å². The van der Waals surface area contributed by atoms with Gasteiger partial charge in [0, 0.05) is 13.1 Å². The Bertz CT molecular complexity index is 647. The second-order valence-electron chi connectivity index (χ2n) is 6.39. The van der Waals surface area contributed by atoms with Crippen LogP contribution in [0.4, 0.5) is 0 Å². The van der Waals surface area contributed by atoms with Crippen molar-refractivity contribution in [1.29, 1.82) is 0 Å². The van der Waals surface area contributed by atoms with Crippen LogP contribution >= 0.6 is 0 Å². The van der Waals surface area contributed by atoms with E-state index in [0.717, 1.165) is 37.1 Å². The van der Waals surface area contributed by atoms with Gasteiger partial charge in [-0.2, -0.15) is 5.10 Å². The molecule has 2 aromatic rings. The highest BCUT2D eigenvalue weighted by atomic mass is 16.2. The molecule has 1 aromatic carbocycles. The number of aromatic nitrogens is 3. The van der Waals surface area contributed by atoms with E-state index in [2.05, 4.69) is 26.8 Å². The fraction of sp³-hybridized carbons (Fsp3) is 0.471. The molecule has 3 rings (SSSR count). The Morgan fingerprint density at radius 2 is 2.22 bits per heavy atom. The van der Waals surface area contributed by atoms with Crippen LogP contribution in [-0.2, 0) is 17.9 Å². The minimum Gasteiger partial charge on any atom is -0.351 e. The molecule has 1 unspecified atom stereocenters. The third-order valence-electron chi connectivity index (χ3n) is 4.50. The molecule has 0 spiro atoms. The van der Waals surface area contributed by atoms with Crippen LogP contribution < -0.4 is 10.6 Å². The van der Waals surface area contributed by atoms with E-state index in [1.54, 1.807) is 11.0 Å². The highest BCUT2D eigenvalue weighted by Crippen LogP contribution is 2.25. The Morgan fingerprint density at radius 3 is 2.91 bits per heavy atom. The summed E-state index contributed by atoms with van der Waals surface area (Å²) in [5, 5.41) is 10.6. The first kappa shape index (κ1) is 15.7. The van der Waals surface area contributed by atoms with Gasteiger partial charge in [-0.25, -0.2) is 9.67 Å². The first-order valence-corrected chi connectivity index (χ1v) is 8.06. The van der Waals surface area contributed by atoms with Gasteiger partial charge >= 0.3 is 0 Å². The summed E-state index contributed by atoms with van der Waals surface area (Å²) in [6.07, 6.45) is 5.21. The van der Waals surface area contributed by atoms with Gasteiger partial charge in [0.2, 0.25) is 5.91 Å². The van der Waals surface area contributed by atoms with E-state index in [0.29, 0.717) is 13.1 Å². The Hall–Kier alpha value is -2.21. The summed E-state index contributed by atoms with van der Waals surface area (Å²) >= 11 is 0. The zero-order valence-electron chi connectivity index (χ0n) is 13.5. The lowest BCUT2D eigenvalue weighted by Crippen LogP contribution is -2.48. The third-order valence-corrected chi connectivity index (χ3v) is 4.50. The van der Waals surface area contributed by atoms with Crippen molar-refractivity contribution >= 4 is 5.91 Å². The molecule has 1 saturated heterocycles. The van der Waals surface area contributed by atoms with Crippen LogP contribution in [0.3, 0.4) is 0 Å². The normalized spacial score (nSPS) is 21.1. The molecule has 0 aliphatic carbocycles. The molecule has 0 bridgehead atoms. The quantitative estimate of drug-likeness (QED) is 0.873. The Morgan fingerprint density at radius 1 is 1.39 bits per heavy atom. The van der Waals surface area contributed by atoms with Crippen LogP contribution in [0.1, 0.15) is 30.9 Å². The summed E-state index contributed by atoms with van der Waals surface area (Å²) in [5.74, 6) is 0.125. The number of amides is 1. The van der Waals surface area contributed by atoms with E-state index in [1.165, 1.54) is 6.33 Å². The topological polar surface area (TPSA) is 71.8 Å². The molecule has 1 fully saturated rings. The summed E-state index contributed by atoms with van der Waals surface area (Å²) < 4.78 is 1.78. The molecule has 6 nitrogen and oxygen atoms in total. The standard InChI is InChI=1S/C17H23N5O/c1-17(7-4-8-18-11-17)16(23)20-9-14-5-2-3-6-15(14)10-22-13-19-12-21-22/h2-3,5-6,12-13,18H,4,7-11H2,1H3,(H,20,23). The molecule has 1 aliphatic heterocycles. The maximum Gasteiger partial charge on any atom is 0.227 e. The van der Waals surface area contributed by atoms with Crippen molar-refractivity contribution in [2.45, 2.75) is 32.9 Å². The van der Waals surface area contributed by atoms with Gasteiger partial charge in [-0.3, -0.25) is 4.79 Å². The smallest absolute Gasteiger partial charge is 0.227 e. The maximum absolute atomic E-state index is 12.5. The SMILES string of the molecule is CC1(C(=O)NCc2ccccc2Cn2cncn2)CCCNC1. The number of piperidine rings is 1. The van der Waals surface area contributed by atoms with Gasteiger partial charge in [-0.05, 0) is 37.4 Å². The lowest BCUT2D eigenvalue weighted by molar-refractivity contribution is -0.131. The number of nitrogens with one attached hydrogen (secondary N) is 2. The van der Waals surface area contributed by atoms with Crippen LogP contribution in [0.25, 0.3) is 0 Å². The first-order chi connectivity index (χ1) is 11.2. The minimum absolute atomic E-state index is 0.125. The van der Waals surface area contributed by atoms with Gasteiger partial charge in [-0.1, -0.05) is 24.3 Å². The highest BCUT2D eigenvalue weighted by molar-refractivity contribution is 5.82. The molecule has 0 saturated carbocycles. The minimum atomic E-state index is -0.306. The second-order valence-corrected chi connectivity index (χ2v) is 6.39. The molecule has 1 atom stereocenters. The van der Waals surface area contributed by atoms with Crippen molar-refractivity contribution in [3.8, 4) is 0 Å². The number of benzene rings is 1. The van der Waals surface area contributed by atoms with Gasteiger partial charge in [0.05, 0.1) is 12.0 Å². The largest absolute Gasteiger partial charge is 0.351 e. The van der Waals surface area contributed by atoms with Crippen molar-refractivity contribution in [3.63, 3.8) is 0 Å². The van der Waals surface area contributed by atoms with Crippen molar-refractivity contribution in [2.24, 2.45) is 5.41 Å². The Balaban J connectivity index is 1.65. The molecule has 6 heteroatoms. The first-order valence-electron chi connectivity index (χ1n) is 8.06. The van der Waals surface area contributed by atoms with Crippen LogP contribution in [0.5, 0.6) is 0 Å². The van der Waals surface area contributed by atoms with Crippen LogP contribution in [0.15, 0.2) is 36.9 Å². The summed E-state index contributed by atoms with van der Waals surface area (Å²) in [5.41, 5.74) is 1.95. The molecule has 2 N–H and O–H groups in total. The number of rotatable bonds is 5. The van der Waals surface area contributed by atoms with Crippen molar-refractivity contribution in [1.82, 2.24) is 25.4 Å². The monoisotopic (exact) mass is 313 g/mol. The van der Waals surface area contributed by atoms with E-state index in [-0.39, 0.29) is 11.3 Å². The van der Waals surface area contributed by atoms with E-state index in [9.17, 15) is 4.79 Å². The van der Waals surface area contributed by atoms with E-state index in [1.807, 2.05) is 25.1 Å². The summed E-state index contributed by atoms with van der Waals surface area (Å²) in [7, 11) is 0. The molecule has 23 heavy (non-hydrogen) atoms. The van der Waals surface area contributed by atoms with E-state index in [4.69, 9.17) is 0 Å². The molecule has 1 amide bonds. The fourth-order valence-corrected chi connectivity index (χ4v) is 3.01. The summed E-state index contributed by atoms with van der Waals surface area (Å²) in [4.78, 5) is 16.5. The predicted molar refractivity (Wildman–Crippen MR) is 87.6 cm³/mol. The molecule has 0 radical (unpaired) electrons. The highest BCUT2D eigenvalue weighted by Gasteiger charge is 2.34. The van der Waals surface area contributed by atoms with Gasteiger partial charge in [0.1, 0.15) is 12.7 Å². The lowest BCUT2D eigenvalue weighted by Gasteiger charge is -2.32. The summed E-state index contributed by atoms with van der Waals surface area (Å²) in [6, 6.07) is 8.11. The van der Waals surface area contributed by atoms with Crippen LogP contribution in [0.2, 0.25) is 0 Å². The fourth-order valence-electron chi connectivity index (χ4n) is 3.01. The second kappa shape index (κ2) is 6.91. The molecule has 2 heterocycles. The van der Waals surface area contributed by atoms with Crippen molar-refractivity contribution < 1.29 is 4.79 Å². The zero-order chi connectivity index (χ0) is 16.1. The number of carbonyl (C=O) groups is 1. The molecular formula is C17H23N5O. The maximum atomic E-state index is 12.5. The molecule has 1 aromatic heterocycles. The molecule has 122 valence electrons. The van der Waals surface area contributed by atoms with Crippen LogP contribution in [0, 0.1) is 5.41 Å². The average Bonchev–Trinajstić information content (AvgIpc) is 3.07. The summed E-state index contributed by atoms with van der Waals surface area (Å²) in [6.45, 7) is 4.99. The number of hydrogen-bond donors (Lipinski definition) is 2. The van der Waals surface area contributed by atoms with Gasteiger partial charge in [0.25, 0.3) is 0 Å². The third kappa shape index (κ3) is 3.76. The van der Waals surface area contributed by atoms with Crippen molar-refractivity contribution in [3.05, 3.63) is 48.0 Å². The predicted octanol–water partition coefficient (Wildman–Crippen LogP) is 1.33. The molecule has 1 aliphatic rings. The van der Waals surface area contributed by atoms with Gasteiger partial charge < -0.3 is 10.6 Å². The number of nitrogens with zero attached hydrogens (tertiary/aromatic N) is 3. The number of hydrogen-bond acceptors (Lipinski definition) is 4. The zero-order valence-corrected chi connectivity index (χ0v) is 13.5. The average molecular weight is 313 g/mol. The number of carbonyl (C=O) groups excluding carboxylic acids is 1. The van der Waals surface area contributed by atoms with Gasteiger partial charge in [-0.15, -0.1) is 0 Å². The van der Waals surface area contributed by atoms with E-state index >= 15 is 0 Å².